The minimum Gasteiger partial charge on any atom is -0.253 e. The third kappa shape index (κ3) is 4.81. The molecule has 1 aliphatic carbocycles. The molecule has 7 rings (SSSR count). The summed E-state index contributed by atoms with van der Waals surface area (Å²) in [5.74, 6) is 0.523. The van der Waals surface area contributed by atoms with E-state index in [4.69, 9.17) is 4.99 Å². The molecule has 212 valence electrons. The van der Waals surface area contributed by atoms with Crippen LogP contribution in [0.15, 0.2) is 146 Å². The van der Waals surface area contributed by atoms with Crippen LogP contribution in [0.3, 0.4) is 0 Å². The molecule has 0 heterocycles. The van der Waals surface area contributed by atoms with Crippen molar-refractivity contribution in [3.63, 3.8) is 0 Å². The molecule has 1 unspecified atom stereocenters. The fourth-order valence-electron chi connectivity index (χ4n) is 6.72. The fraction of sp³-hybridized carbons (Fsp3) is 0.0930. The van der Waals surface area contributed by atoms with Gasteiger partial charge in [-0.2, -0.15) is 0 Å². The lowest BCUT2D eigenvalue weighted by atomic mass is 9.77. The van der Waals surface area contributed by atoms with E-state index in [2.05, 4.69) is 131 Å². The van der Waals surface area contributed by atoms with Crippen molar-refractivity contribution in [3.8, 4) is 22.3 Å². The molecule has 1 nitrogen and oxygen atoms in total. The van der Waals surface area contributed by atoms with E-state index in [0.29, 0.717) is 5.92 Å². The molecule has 0 N–H and O–H groups in total. The van der Waals surface area contributed by atoms with Gasteiger partial charge in [0.05, 0.1) is 5.70 Å². The number of hydrogen-bond donors (Lipinski definition) is 0. The van der Waals surface area contributed by atoms with Crippen molar-refractivity contribution in [1.82, 2.24) is 0 Å². The fourth-order valence-corrected chi connectivity index (χ4v) is 6.72. The zero-order chi connectivity index (χ0) is 30.4. The molecule has 0 fully saturated rings. The number of nitrogens with zero attached hydrogens (tertiary/aromatic N) is 1. The van der Waals surface area contributed by atoms with Gasteiger partial charge in [-0.3, -0.25) is 4.99 Å². The average molecular weight is 566 g/mol. The number of hydrogen-bond acceptors (Lipinski definition) is 1. The number of aliphatic imine (C=N–C) groups is 1. The summed E-state index contributed by atoms with van der Waals surface area (Å²) in [6.45, 7) is 16.6. The molecule has 0 radical (unpaired) electrons. The first kappa shape index (κ1) is 27.6. The van der Waals surface area contributed by atoms with Gasteiger partial charge in [-0.15, -0.1) is 0 Å². The molecule has 0 saturated heterocycles. The first-order valence-corrected chi connectivity index (χ1v) is 15.3. The second kappa shape index (κ2) is 11.1. The summed E-state index contributed by atoms with van der Waals surface area (Å²) in [5.41, 5.74) is 13.8. The Bertz CT molecular complexity index is 2170. The predicted molar refractivity (Wildman–Crippen MR) is 191 cm³/mol. The highest BCUT2D eigenvalue weighted by Gasteiger charge is 2.24. The largest absolute Gasteiger partial charge is 0.253 e. The maximum Gasteiger partial charge on any atom is 0.0633 e. The van der Waals surface area contributed by atoms with Crippen LogP contribution < -0.4 is 0 Å². The maximum atomic E-state index is 4.90. The van der Waals surface area contributed by atoms with Crippen molar-refractivity contribution < 1.29 is 0 Å². The summed E-state index contributed by atoms with van der Waals surface area (Å²) in [6, 6.07) is 41.9. The van der Waals surface area contributed by atoms with Crippen LogP contribution in [-0.2, 0) is 6.42 Å². The third-order valence-corrected chi connectivity index (χ3v) is 9.12. The monoisotopic (exact) mass is 565 g/mol. The second-order valence-corrected chi connectivity index (χ2v) is 11.9. The summed E-state index contributed by atoms with van der Waals surface area (Å²) in [4.78, 5) is 4.90. The van der Waals surface area contributed by atoms with E-state index < -0.39 is 0 Å². The number of allylic oxidation sites excluding steroid dienone is 2. The van der Waals surface area contributed by atoms with Crippen molar-refractivity contribution in [2.45, 2.75) is 26.2 Å². The quantitative estimate of drug-likeness (QED) is 0.108. The van der Waals surface area contributed by atoms with Gasteiger partial charge < -0.3 is 0 Å². The van der Waals surface area contributed by atoms with Gasteiger partial charge in [-0.1, -0.05) is 130 Å². The van der Waals surface area contributed by atoms with Crippen molar-refractivity contribution in [3.05, 3.63) is 169 Å². The highest BCUT2D eigenvalue weighted by Crippen LogP contribution is 2.45. The molecule has 6 aromatic rings. The van der Waals surface area contributed by atoms with Gasteiger partial charge in [0.15, 0.2) is 0 Å². The SMILES string of the molecule is C=CC(=C)c1cccc(C(=C)N=C(C)c2ccc3c(ccc4ccc(-c5cccc6c5-c5ccccc5C(C)C6)cc43)c2)c1. The van der Waals surface area contributed by atoms with E-state index in [1.54, 1.807) is 6.08 Å². The van der Waals surface area contributed by atoms with Crippen LogP contribution >= 0.6 is 0 Å². The molecule has 1 heteroatoms. The minimum atomic E-state index is 0.523. The standard InChI is InChI=1S/C43H35N/c1-6-27(2)32-11-9-12-33(24-32)29(4)44-30(5)34-21-22-39-35(25-34)19-17-31-18-20-36(26-42(31)39)40-16-10-13-37-23-28(3)38-14-7-8-15-41(38)43(37)40/h6-22,24-26,28H,1-2,4,23H2,3,5H3. The van der Waals surface area contributed by atoms with Gasteiger partial charge in [-0.05, 0) is 109 Å². The Morgan fingerprint density at radius 1 is 0.705 bits per heavy atom. The molecule has 6 aromatic carbocycles. The van der Waals surface area contributed by atoms with Crippen LogP contribution in [0.2, 0.25) is 0 Å². The maximum absolute atomic E-state index is 4.90. The van der Waals surface area contributed by atoms with E-state index in [9.17, 15) is 0 Å². The highest BCUT2D eigenvalue weighted by atomic mass is 14.7. The zero-order valence-electron chi connectivity index (χ0n) is 25.4. The molecule has 1 aliphatic rings. The van der Waals surface area contributed by atoms with Crippen molar-refractivity contribution in [2.24, 2.45) is 4.99 Å². The van der Waals surface area contributed by atoms with Gasteiger partial charge in [0.2, 0.25) is 0 Å². The Morgan fingerprint density at radius 2 is 1.45 bits per heavy atom. The van der Waals surface area contributed by atoms with E-state index in [1.807, 2.05) is 18.2 Å². The first-order chi connectivity index (χ1) is 21.4. The lowest BCUT2D eigenvalue weighted by Gasteiger charge is -2.27. The topological polar surface area (TPSA) is 12.4 Å². The normalized spacial score (nSPS) is 14.2. The van der Waals surface area contributed by atoms with Crippen LogP contribution in [0.4, 0.5) is 0 Å². The Kier molecular flexibility index (Phi) is 6.95. The number of rotatable bonds is 6. The molecule has 0 aliphatic heterocycles. The zero-order valence-corrected chi connectivity index (χ0v) is 25.4. The van der Waals surface area contributed by atoms with Crippen molar-refractivity contribution in [1.29, 1.82) is 0 Å². The van der Waals surface area contributed by atoms with Gasteiger partial charge >= 0.3 is 0 Å². The van der Waals surface area contributed by atoms with Gasteiger partial charge in [0.25, 0.3) is 0 Å². The van der Waals surface area contributed by atoms with Crippen LogP contribution in [0.1, 0.15) is 47.6 Å². The smallest absolute Gasteiger partial charge is 0.0633 e. The van der Waals surface area contributed by atoms with Crippen LogP contribution in [-0.4, -0.2) is 5.71 Å². The summed E-state index contributed by atoms with van der Waals surface area (Å²) < 4.78 is 0. The molecule has 0 amide bonds. The molecule has 0 spiro atoms. The lowest BCUT2D eigenvalue weighted by molar-refractivity contribution is 0.749. The Balaban J connectivity index is 1.27. The Morgan fingerprint density at radius 3 is 2.32 bits per heavy atom. The summed E-state index contributed by atoms with van der Waals surface area (Å²) in [6.07, 6.45) is 2.84. The molecular weight excluding hydrogens is 530 g/mol. The van der Waals surface area contributed by atoms with Crippen LogP contribution in [0.5, 0.6) is 0 Å². The van der Waals surface area contributed by atoms with E-state index >= 15 is 0 Å². The first-order valence-electron chi connectivity index (χ1n) is 15.3. The molecular formula is C43H35N. The Hall–Kier alpha value is -5.27. The molecule has 1 atom stereocenters. The number of benzene rings is 6. The minimum absolute atomic E-state index is 0.523. The van der Waals surface area contributed by atoms with Gasteiger partial charge in [0, 0.05) is 11.3 Å². The van der Waals surface area contributed by atoms with E-state index in [1.165, 1.54) is 54.9 Å². The summed E-state index contributed by atoms with van der Waals surface area (Å²) >= 11 is 0. The highest BCUT2D eigenvalue weighted by molar-refractivity contribution is 6.12. The van der Waals surface area contributed by atoms with Crippen LogP contribution in [0.25, 0.3) is 55.1 Å². The van der Waals surface area contributed by atoms with Gasteiger partial charge in [0.1, 0.15) is 0 Å². The molecule has 0 aromatic heterocycles. The van der Waals surface area contributed by atoms with Crippen LogP contribution in [0, 0.1) is 0 Å². The van der Waals surface area contributed by atoms with E-state index in [-0.39, 0.29) is 0 Å². The molecule has 44 heavy (non-hydrogen) atoms. The predicted octanol–water partition coefficient (Wildman–Crippen LogP) is 11.7. The summed E-state index contributed by atoms with van der Waals surface area (Å²) in [7, 11) is 0. The van der Waals surface area contributed by atoms with Crippen molar-refractivity contribution in [2.75, 3.05) is 0 Å². The second-order valence-electron chi connectivity index (χ2n) is 11.9. The molecule has 0 saturated carbocycles. The molecule has 0 bridgehead atoms. The van der Waals surface area contributed by atoms with Crippen molar-refractivity contribution >= 4 is 38.5 Å². The van der Waals surface area contributed by atoms with E-state index in [0.717, 1.165) is 40.1 Å². The van der Waals surface area contributed by atoms with Gasteiger partial charge in [-0.25, -0.2) is 0 Å². The Labute approximate surface area is 260 Å². The summed E-state index contributed by atoms with van der Waals surface area (Å²) in [5, 5.41) is 4.95. The lowest BCUT2D eigenvalue weighted by Crippen LogP contribution is -2.09. The number of fused-ring (bicyclic) bond motifs is 6. The average Bonchev–Trinajstić information content (AvgIpc) is 3.07. The third-order valence-electron chi connectivity index (χ3n) is 9.12.